The number of sulfonamides is 1. The summed E-state index contributed by atoms with van der Waals surface area (Å²) in [5, 5.41) is 0. The highest BCUT2D eigenvalue weighted by Gasteiger charge is 2.24. The Morgan fingerprint density at radius 1 is 1.42 bits per heavy atom. The number of hydrogen-bond donors (Lipinski definition) is 2. The number of anilines is 1. The molecule has 0 aliphatic heterocycles. The largest absolute Gasteiger partial charge is 0.399 e. The van der Waals surface area contributed by atoms with Gasteiger partial charge in [0.05, 0.1) is 5.60 Å². The van der Waals surface area contributed by atoms with Gasteiger partial charge in [0.25, 0.3) is 0 Å². The normalized spacial score (nSPS) is 12.6. The van der Waals surface area contributed by atoms with Crippen LogP contribution in [0.2, 0.25) is 0 Å². The Morgan fingerprint density at radius 2 is 2.05 bits per heavy atom. The second kappa shape index (κ2) is 5.85. The summed E-state index contributed by atoms with van der Waals surface area (Å²) in [5.41, 5.74) is 4.99. The van der Waals surface area contributed by atoms with Crippen LogP contribution in [0.5, 0.6) is 0 Å². The Kier molecular flexibility index (Phi) is 4.89. The molecule has 0 spiro atoms. The number of benzene rings is 1. The minimum Gasteiger partial charge on any atom is -0.399 e. The Morgan fingerprint density at radius 3 is 2.63 bits per heavy atom. The fraction of sp³-hybridized carbons (Fsp3) is 0.500. The molecule has 0 saturated carbocycles. The van der Waals surface area contributed by atoms with Crippen LogP contribution in [-0.4, -0.2) is 27.2 Å². The van der Waals surface area contributed by atoms with Crippen LogP contribution in [0.3, 0.4) is 0 Å². The van der Waals surface area contributed by atoms with Gasteiger partial charge in [-0.2, -0.15) is 0 Å². The smallest absolute Gasteiger partial charge is 0.243 e. The van der Waals surface area contributed by atoms with Crippen LogP contribution in [0, 0.1) is 5.82 Å². The van der Waals surface area contributed by atoms with E-state index in [9.17, 15) is 12.8 Å². The third-order valence-corrected chi connectivity index (χ3v) is 3.88. The van der Waals surface area contributed by atoms with Crippen molar-refractivity contribution in [1.82, 2.24) is 4.72 Å². The van der Waals surface area contributed by atoms with E-state index in [0.717, 1.165) is 12.1 Å². The number of hydrogen-bond acceptors (Lipinski definition) is 4. The maximum Gasteiger partial charge on any atom is 0.243 e. The van der Waals surface area contributed by atoms with Gasteiger partial charge < -0.3 is 10.5 Å². The van der Waals surface area contributed by atoms with Crippen molar-refractivity contribution >= 4 is 15.7 Å². The first-order chi connectivity index (χ1) is 8.68. The molecule has 0 aliphatic rings. The van der Waals surface area contributed by atoms with Crippen molar-refractivity contribution in [1.29, 1.82) is 0 Å². The van der Waals surface area contributed by atoms with Crippen molar-refractivity contribution in [2.24, 2.45) is 0 Å². The molecule has 1 aromatic rings. The fourth-order valence-corrected chi connectivity index (χ4v) is 2.82. The number of nitrogens with one attached hydrogen (secondary N) is 1. The van der Waals surface area contributed by atoms with Crippen molar-refractivity contribution in [3.63, 3.8) is 0 Å². The summed E-state index contributed by atoms with van der Waals surface area (Å²) in [6.45, 7) is 5.80. The Bertz CT molecular complexity index is 544. The average molecular weight is 290 g/mol. The zero-order chi connectivity index (χ0) is 14.7. The van der Waals surface area contributed by atoms with Gasteiger partial charge in [-0.05, 0) is 39.0 Å². The zero-order valence-corrected chi connectivity index (χ0v) is 12.1. The van der Waals surface area contributed by atoms with Gasteiger partial charge in [0, 0.05) is 18.8 Å². The highest BCUT2D eigenvalue weighted by molar-refractivity contribution is 7.89. The lowest BCUT2D eigenvalue weighted by atomic mass is 10.1. The molecule has 0 aliphatic carbocycles. The summed E-state index contributed by atoms with van der Waals surface area (Å²) in [6, 6.07) is 3.42. The van der Waals surface area contributed by atoms with Crippen molar-refractivity contribution in [2.45, 2.75) is 31.3 Å². The van der Waals surface area contributed by atoms with Gasteiger partial charge in [-0.15, -0.1) is 0 Å². The molecule has 108 valence electrons. The van der Waals surface area contributed by atoms with E-state index in [2.05, 4.69) is 4.72 Å². The average Bonchev–Trinajstić information content (AvgIpc) is 2.30. The van der Waals surface area contributed by atoms with Crippen molar-refractivity contribution in [3.8, 4) is 0 Å². The topological polar surface area (TPSA) is 81.4 Å². The molecule has 0 fully saturated rings. The Balaban J connectivity index is 2.90. The predicted octanol–water partition coefficient (Wildman–Crippen LogP) is 1.50. The lowest BCUT2D eigenvalue weighted by molar-refractivity contribution is -0.00515. The molecule has 0 bridgehead atoms. The third-order valence-electron chi connectivity index (χ3n) is 2.47. The number of halogens is 1. The maximum atomic E-state index is 13.5. The van der Waals surface area contributed by atoms with Crippen LogP contribution in [-0.2, 0) is 14.8 Å². The minimum atomic E-state index is -3.95. The van der Waals surface area contributed by atoms with Crippen LogP contribution >= 0.6 is 0 Å². The second-order valence-electron chi connectivity index (χ2n) is 4.71. The first kappa shape index (κ1) is 15.9. The Hall–Kier alpha value is -1.18. The van der Waals surface area contributed by atoms with Crippen molar-refractivity contribution in [3.05, 3.63) is 24.0 Å². The lowest BCUT2D eigenvalue weighted by Crippen LogP contribution is -2.40. The van der Waals surface area contributed by atoms with E-state index >= 15 is 0 Å². The van der Waals surface area contributed by atoms with E-state index in [1.165, 1.54) is 6.07 Å². The molecule has 0 unspecified atom stereocenters. The standard InChI is InChI=1S/C12H19FN2O3S/c1-4-18-12(2,3)8-15-19(16,17)11-7-9(14)5-6-10(11)13/h5-7,15H,4,8,14H2,1-3H3. The van der Waals surface area contributed by atoms with Crippen LogP contribution in [0.15, 0.2) is 23.1 Å². The molecule has 7 heteroatoms. The molecule has 1 aromatic carbocycles. The van der Waals surface area contributed by atoms with Crippen LogP contribution < -0.4 is 10.5 Å². The summed E-state index contributed by atoms with van der Waals surface area (Å²) in [7, 11) is -3.95. The molecule has 0 amide bonds. The van der Waals surface area contributed by atoms with Gasteiger partial charge in [-0.25, -0.2) is 17.5 Å². The first-order valence-corrected chi connectivity index (χ1v) is 7.35. The molecule has 0 heterocycles. The molecular weight excluding hydrogens is 271 g/mol. The molecule has 0 atom stereocenters. The SMILES string of the molecule is CCOC(C)(C)CNS(=O)(=O)c1cc(N)ccc1F. The minimum absolute atomic E-state index is 0.0391. The van der Waals surface area contributed by atoms with Gasteiger partial charge >= 0.3 is 0 Å². The van der Waals surface area contributed by atoms with Gasteiger partial charge in [0.2, 0.25) is 10.0 Å². The van der Waals surface area contributed by atoms with E-state index in [1.807, 2.05) is 6.92 Å². The summed E-state index contributed by atoms with van der Waals surface area (Å²) < 4.78 is 45.2. The van der Waals surface area contributed by atoms with Crippen LogP contribution in [0.4, 0.5) is 10.1 Å². The molecule has 19 heavy (non-hydrogen) atoms. The van der Waals surface area contributed by atoms with E-state index in [-0.39, 0.29) is 12.2 Å². The molecule has 0 aromatic heterocycles. The molecular formula is C12H19FN2O3S. The van der Waals surface area contributed by atoms with Crippen molar-refractivity contribution in [2.75, 3.05) is 18.9 Å². The highest BCUT2D eigenvalue weighted by atomic mass is 32.2. The van der Waals surface area contributed by atoms with E-state index in [0.29, 0.717) is 6.61 Å². The summed E-state index contributed by atoms with van der Waals surface area (Å²) >= 11 is 0. The molecule has 0 radical (unpaired) electrons. The van der Waals surface area contributed by atoms with E-state index < -0.39 is 26.3 Å². The van der Waals surface area contributed by atoms with E-state index in [1.54, 1.807) is 13.8 Å². The molecule has 0 saturated heterocycles. The zero-order valence-electron chi connectivity index (χ0n) is 11.2. The molecule has 5 nitrogen and oxygen atoms in total. The quantitative estimate of drug-likeness (QED) is 0.778. The van der Waals surface area contributed by atoms with Crippen LogP contribution in [0.25, 0.3) is 0 Å². The summed E-state index contributed by atoms with van der Waals surface area (Å²) in [5.74, 6) is -0.837. The second-order valence-corrected chi connectivity index (χ2v) is 6.44. The number of nitrogens with two attached hydrogens (primary N) is 1. The third kappa shape index (κ3) is 4.45. The highest BCUT2D eigenvalue weighted by Crippen LogP contribution is 2.18. The summed E-state index contributed by atoms with van der Waals surface area (Å²) in [6.07, 6.45) is 0. The number of rotatable bonds is 6. The summed E-state index contributed by atoms with van der Waals surface area (Å²) in [4.78, 5) is -0.459. The lowest BCUT2D eigenvalue weighted by Gasteiger charge is -2.24. The number of nitrogen functional groups attached to an aromatic ring is 1. The predicted molar refractivity (Wildman–Crippen MR) is 71.7 cm³/mol. The van der Waals surface area contributed by atoms with Gasteiger partial charge in [0.1, 0.15) is 10.7 Å². The van der Waals surface area contributed by atoms with Gasteiger partial charge in [0.15, 0.2) is 0 Å². The fourth-order valence-electron chi connectivity index (χ4n) is 1.51. The Labute approximate surface area is 113 Å². The van der Waals surface area contributed by atoms with Crippen LogP contribution in [0.1, 0.15) is 20.8 Å². The molecule has 1 rings (SSSR count). The monoisotopic (exact) mass is 290 g/mol. The number of ether oxygens (including phenoxy) is 1. The first-order valence-electron chi connectivity index (χ1n) is 5.86. The van der Waals surface area contributed by atoms with Gasteiger partial charge in [-0.1, -0.05) is 0 Å². The molecule has 3 N–H and O–H groups in total. The van der Waals surface area contributed by atoms with Gasteiger partial charge in [-0.3, -0.25) is 0 Å². The maximum absolute atomic E-state index is 13.5. The van der Waals surface area contributed by atoms with Crippen molar-refractivity contribution < 1.29 is 17.5 Å². The van der Waals surface area contributed by atoms with E-state index in [4.69, 9.17) is 10.5 Å².